The molecule has 0 spiro atoms. The number of rotatable bonds is 8. The Labute approximate surface area is 118 Å². The van der Waals surface area contributed by atoms with E-state index in [2.05, 4.69) is 15.3 Å². The zero-order chi connectivity index (χ0) is 14.2. The molecule has 0 unspecified atom stereocenters. The normalized spacial score (nSPS) is 10.7. The summed E-state index contributed by atoms with van der Waals surface area (Å²) in [7, 11) is 3.63. The number of nitrogens with zero attached hydrogens (tertiary/aromatic N) is 3. The molecule has 0 bridgehead atoms. The molecule has 6 heteroatoms. The van der Waals surface area contributed by atoms with Crippen LogP contribution in [-0.2, 0) is 24.9 Å². The van der Waals surface area contributed by atoms with Gasteiger partial charge in [-0.25, -0.2) is 4.98 Å². The molecule has 2 heterocycles. The Morgan fingerprint density at radius 1 is 1.30 bits per heavy atom. The zero-order valence-electron chi connectivity index (χ0n) is 11.9. The van der Waals surface area contributed by atoms with Crippen LogP contribution in [0, 0.1) is 0 Å². The van der Waals surface area contributed by atoms with Gasteiger partial charge in [0.1, 0.15) is 18.2 Å². The van der Waals surface area contributed by atoms with Crippen molar-refractivity contribution in [1.29, 1.82) is 0 Å². The Kier molecular flexibility index (Phi) is 5.52. The Bertz CT molecular complexity index is 510. The van der Waals surface area contributed by atoms with Crippen molar-refractivity contribution in [2.24, 2.45) is 7.05 Å². The molecule has 0 atom stereocenters. The molecule has 0 aliphatic rings. The Hall–Kier alpha value is -1.92. The number of hydrogen-bond acceptors (Lipinski definition) is 5. The molecule has 2 aromatic heterocycles. The molecule has 0 saturated carbocycles. The summed E-state index contributed by atoms with van der Waals surface area (Å²) in [5, 5.41) is 3.24. The van der Waals surface area contributed by atoms with Crippen LogP contribution in [0.25, 0.3) is 0 Å². The van der Waals surface area contributed by atoms with E-state index in [1.807, 2.05) is 29.9 Å². The van der Waals surface area contributed by atoms with E-state index in [1.165, 1.54) is 0 Å². The van der Waals surface area contributed by atoms with E-state index in [4.69, 9.17) is 9.47 Å². The highest BCUT2D eigenvalue weighted by molar-refractivity contribution is 5.20. The average molecular weight is 276 g/mol. The fraction of sp³-hybridized carbons (Fsp3) is 0.429. The van der Waals surface area contributed by atoms with Crippen LogP contribution in [0.3, 0.4) is 0 Å². The highest BCUT2D eigenvalue weighted by atomic mass is 16.5. The summed E-state index contributed by atoms with van der Waals surface area (Å²) in [6.45, 7) is 2.68. The van der Waals surface area contributed by atoms with Crippen LogP contribution in [0.2, 0.25) is 0 Å². The van der Waals surface area contributed by atoms with Crippen molar-refractivity contribution in [2.45, 2.75) is 13.2 Å². The predicted octanol–water partition coefficient (Wildman–Crippen LogP) is 1.13. The van der Waals surface area contributed by atoms with Crippen molar-refractivity contribution in [1.82, 2.24) is 19.9 Å². The lowest BCUT2D eigenvalue weighted by Crippen LogP contribution is -2.19. The van der Waals surface area contributed by atoms with Crippen LogP contribution in [0.15, 0.2) is 30.7 Å². The summed E-state index contributed by atoms with van der Waals surface area (Å²) < 4.78 is 12.5. The summed E-state index contributed by atoms with van der Waals surface area (Å²) >= 11 is 0. The third kappa shape index (κ3) is 4.32. The molecular formula is C14H20N4O2. The SMILES string of the molecule is COCCNCc1ccc(OCc2nccn2C)cn1. The molecule has 0 fully saturated rings. The summed E-state index contributed by atoms with van der Waals surface area (Å²) in [5.41, 5.74) is 0.977. The van der Waals surface area contributed by atoms with Crippen molar-refractivity contribution in [2.75, 3.05) is 20.3 Å². The van der Waals surface area contributed by atoms with E-state index in [9.17, 15) is 0 Å². The van der Waals surface area contributed by atoms with Crippen molar-refractivity contribution in [3.05, 3.63) is 42.2 Å². The van der Waals surface area contributed by atoms with Crippen LogP contribution in [0.5, 0.6) is 5.75 Å². The van der Waals surface area contributed by atoms with E-state index < -0.39 is 0 Å². The Balaban J connectivity index is 1.78. The van der Waals surface area contributed by atoms with Crippen LogP contribution in [-0.4, -0.2) is 34.8 Å². The largest absolute Gasteiger partial charge is 0.484 e. The van der Waals surface area contributed by atoms with Crippen molar-refractivity contribution in [3.63, 3.8) is 0 Å². The number of methoxy groups -OCH3 is 1. The first-order chi connectivity index (χ1) is 9.79. The van der Waals surface area contributed by atoms with Gasteiger partial charge >= 0.3 is 0 Å². The second-order valence-corrected chi connectivity index (χ2v) is 4.40. The second kappa shape index (κ2) is 7.62. The van der Waals surface area contributed by atoms with Crippen LogP contribution in [0.4, 0.5) is 0 Å². The number of imidazole rings is 1. The first kappa shape index (κ1) is 14.5. The summed E-state index contributed by atoms with van der Waals surface area (Å²) in [6, 6.07) is 3.87. The molecule has 6 nitrogen and oxygen atoms in total. The number of aryl methyl sites for hydroxylation is 1. The van der Waals surface area contributed by atoms with E-state index in [-0.39, 0.29) is 0 Å². The molecule has 108 valence electrons. The zero-order valence-corrected chi connectivity index (χ0v) is 11.9. The first-order valence-corrected chi connectivity index (χ1v) is 6.53. The summed E-state index contributed by atoms with van der Waals surface area (Å²) in [5.74, 6) is 1.63. The van der Waals surface area contributed by atoms with Gasteiger partial charge in [-0.2, -0.15) is 0 Å². The smallest absolute Gasteiger partial charge is 0.146 e. The average Bonchev–Trinajstić information content (AvgIpc) is 2.88. The highest BCUT2D eigenvalue weighted by Gasteiger charge is 2.01. The van der Waals surface area contributed by atoms with Crippen LogP contribution >= 0.6 is 0 Å². The van der Waals surface area contributed by atoms with Gasteiger partial charge in [0.05, 0.1) is 18.5 Å². The van der Waals surface area contributed by atoms with Crippen LogP contribution < -0.4 is 10.1 Å². The van der Waals surface area contributed by atoms with Crippen molar-refractivity contribution < 1.29 is 9.47 Å². The standard InChI is InChI=1S/C14H20N4O2/c1-18-7-5-16-14(18)11-20-13-4-3-12(17-10-13)9-15-6-8-19-2/h3-5,7,10,15H,6,8-9,11H2,1-2H3. The fourth-order valence-electron chi connectivity index (χ4n) is 1.68. The van der Waals surface area contributed by atoms with Gasteiger partial charge in [-0.1, -0.05) is 0 Å². The number of aromatic nitrogens is 3. The molecule has 0 radical (unpaired) electrons. The third-order valence-electron chi connectivity index (χ3n) is 2.88. The van der Waals surface area contributed by atoms with Gasteiger partial charge in [-0.15, -0.1) is 0 Å². The van der Waals surface area contributed by atoms with E-state index in [1.54, 1.807) is 19.5 Å². The minimum atomic E-state index is 0.441. The lowest BCUT2D eigenvalue weighted by Gasteiger charge is -2.07. The lowest BCUT2D eigenvalue weighted by atomic mass is 10.3. The van der Waals surface area contributed by atoms with Gasteiger partial charge in [0.25, 0.3) is 0 Å². The number of nitrogens with one attached hydrogen (secondary N) is 1. The van der Waals surface area contributed by atoms with Gasteiger partial charge in [0, 0.05) is 39.6 Å². The molecule has 0 aromatic carbocycles. The van der Waals surface area contributed by atoms with Crippen molar-refractivity contribution >= 4 is 0 Å². The van der Waals surface area contributed by atoms with E-state index in [0.717, 1.165) is 30.4 Å². The van der Waals surface area contributed by atoms with Gasteiger partial charge in [-0.3, -0.25) is 4.98 Å². The van der Waals surface area contributed by atoms with Gasteiger partial charge < -0.3 is 19.4 Å². The summed E-state index contributed by atoms with van der Waals surface area (Å²) in [6.07, 6.45) is 5.38. The topological polar surface area (TPSA) is 61.2 Å². The summed E-state index contributed by atoms with van der Waals surface area (Å²) in [4.78, 5) is 8.55. The Morgan fingerprint density at radius 2 is 2.20 bits per heavy atom. The second-order valence-electron chi connectivity index (χ2n) is 4.40. The molecule has 0 amide bonds. The molecule has 1 N–H and O–H groups in total. The van der Waals surface area contributed by atoms with Gasteiger partial charge in [-0.05, 0) is 12.1 Å². The van der Waals surface area contributed by atoms with Crippen LogP contribution in [0.1, 0.15) is 11.5 Å². The fourth-order valence-corrected chi connectivity index (χ4v) is 1.68. The Morgan fingerprint density at radius 3 is 2.85 bits per heavy atom. The molecule has 0 aliphatic carbocycles. The predicted molar refractivity (Wildman–Crippen MR) is 75.4 cm³/mol. The van der Waals surface area contributed by atoms with E-state index in [0.29, 0.717) is 13.2 Å². The van der Waals surface area contributed by atoms with E-state index >= 15 is 0 Å². The number of pyridine rings is 1. The lowest BCUT2D eigenvalue weighted by molar-refractivity contribution is 0.199. The number of ether oxygens (including phenoxy) is 2. The molecule has 2 rings (SSSR count). The molecule has 2 aromatic rings. The van der Waals surface area contributed by atoms with Gasteiger partial charge in [0.15, 0.2) is 0 Å². The number of hydrogen-bond donors (Lipinski definition) is 1. The highest BCUT2D eigenvalue weighted by Crippen LogP contribution is 2.11. The van der Waals surface area contributed by atoms with Gasteiger partial charge in [0.2, 0.25) is 0 Å². The van der Waals surface area contributed by atoms with Crippen molar-refractivity contribution in [3.8, 4) is 5.75 Å². The molecular weight excluding hydrogens is 256 g/mol. The third-order valence-corrected chi connectivity index (χ3v) is 2.88. The first-order valence-electron chi connectivity index (χ1n) is 6.53. The maximum absolute atomic E-state index is 5.64. The maximum atomic E-state index is 5.64. The molecule has 0 saturated heterocycles. The quantitative estimate of drug-likeness (QED) is 0.732. The maximum Gasteiger partial charge on any atom is 0.146 e. The molecule has 0 aliphatic heterocycles. The monoisotopic (exact) mass is 276 g/mol. The minimum absolute atomic E-state index is 0.441. The molecule has 20 heavy (non-hydrogen) atoms. The minimum Gasteiger partial charge on any atom is -0.484 e.